The Morgan fingerprint density at radius 2 is 1.67 bits per heavy atom. The second kappa shape index (κ2) is 8.03. The van der Waals surface area contributed by atoms with Gasteiger partial charge >= 0.3 is 6.18 Å². The first kappa shape index (κ1) is 19.3. The van der Waals surface area contributed by atoms with E-state index in [1.165, 1.54) is 12.1 Å². The largest absolute Gasteiger partial charge is 0.416 e. The van der Waals surface area contributed by atoms with E-state index in [9.17, 15) is 18.0 Å². The number of alkyl halides is 3. The van der Waals surface area contributed by atoms with Crippen LogP contribution in [0.2, 0.25) is 0 Å². The van der Waals surface area contributed by atoms with Gasteiger partial charge in [-0.1, -0.05) is 43.3 Å². The van der Waals surface area contributed by atoms with E-state index in [4.69, 9.17) is 0 Å². The topological polar surface area (TPSA) is 23.6 Å². The molecule has 1 saturated heterocycles. The average Bonchev–Trinajstić information content (AvgIpc) is 2.69. The van der Waals surface area contributed by atoms with E-state index in [0.29, 0.717) is 31.9 Å². The Balaban J connectivity index is 1.66. The first-order chi connectivity index (χ1) is 12.9. The highest BCUT2D eigenvalue weighted by molar-refractivity contribution is 5.84. The molecule has 1 atom stereocenters. The van der Waals surface area contributed by atoms with Gasteiger partial charge in [-0.05, 0) is 30.2 Å². The zero-order valence-electron chi connectivity index (χ0n) is 15.2. The summed E-state index contributed by atoms with van der Waals surface area (Å²) in [5, 5.41) is 0. The van der Waals surface area contributed by atoms with Crippen molar-refractivity contribution >= 4 is 11.6 Å². The number of hydrogen-bond acceptors (Lipinski definition) is 2. The lowest BCUT2D eigenvalue weighted by molar-refractivity contribution is -0.137. The monoisotopic (exact) mass is 376 g/mol. The van der Waals surface area contributed by atoms with Gasteiger partial charge in [0.1, 0.15) is 0 Å². The number of carbonyl (C=O) groups is 1. The molecule has 0 saturated carbocycles. The predicted molar refractivity (Wildman–Crippen MR) is 99.7 cm³/mol. The first-order valence-corrected chi connectivity index (χ1v) is 9.16. The molecule has 1 amide bonds. The highest BCUT2D eigenvalue weighted by Crippen LogP contribution is 2.32. The SMILES string of the molecule is CCC(C(=O)N1CCN(c2cccc(C(F)(F)F)c2)CC1)c1ccccc1. The minimum Gasteiger partial charge on any atom is -0.368 e. The normalized spacial score (nSPS) is 16.3. The fraction of sp³-hybridized carbons (Fsp3) is 0.381. The summed E-state index contributed by atoms with van der Waals surface area (Å²) in [4.78, 5) is 16.6. The molecule has 27 heavy (non-hydrogen) atoms. The molecular formula is C21H23F3N2O. The van der Waals surface area contributed by atoms with Crippen molar-refractivity contribution in [1.29, 1.82) is 0 Å². The summed E-state index contributed by atoms with van der Waals surface area (Å²) in [6.07, 6.45) is -3.63. The zero-order valence-corrected chi connectivity index (χ0v) is 15.2. The molecule has 2 aromatic carbocycles. The average molecular weight is 376 g/mol. The molecule has 1 unspecified atom stereocenters. The van der Waals surface area contributed by atoms with Gasteiger partial charge in [0, 0.05) is 31.9 Å². The van der Waals surface area contributed by atoms with E-state index in [2.05, 4.69) is 0 Å². The number of amides is 1. The third-order valence-corrected chi connectivity index (χ3v) is 5.04. The highest BCUT2D eigenvalue weighted by Gasteiger charge is 2.32. The molecule has 2 aromatic rings. The Morgan fingerprint density at radius 3 is 2.26 bits per heavy atom. The van der Waals surface area contributed by atoms with E-state index >= 15 is 0 Å². The number of benzene rings is 2. The summed E-state index contributed by atoms with van der Waals surface area (Å²) in [5.41, 5.74) is 0.908. The number of rotatable bonds is 4. The van der Waals surface area contributed by atoms with Crippen molar-refractivity contribution in [3.63, 3.8) is 0 Å². The second-order valence-corrected chi connectivity index (χ2v) is 6.73. The molecule has 1 fully saturated rings. The van der Waals surface area contributed by atoms with Crippen LogP contribution in [0.1, 0.15) is 30.4 Å². The Bertz CT molecular complexity index is 768. The molecule has 1 aliphatic heterocycles. The molecule has 0 N–H and O–H groups in total. The molecule has 0 radical (unpaired) electrons. The Hall–Kier alpha value is -2.50. The molecule has 3 rings (SSSR count). The van der Waals surface area contributed by atoms with Gasteiger partial charge in [0.15, 0.2) is 0 Å². The molecule has 0 bridgehead atoms. The summed E-state index contributed by atoms with van der Waals surface area (Å²) < 4.78 is 38.8. The maximum absolute atomic E-state index is 12.9. The minimum atomic E-state index is -4.35. The zero-order chi connectivity index (χ0) is 19.4. The van der Waals surface area contributed by atoms with Gasteiger partial charge in [0.2, 0.25) is 5.91 Å². The van der Waals surface area contributed by atoms with Gasteiger partial charge in [0.05, 0.1) is 11.5 Å². The van der Waals surface area contributed by atoms with Crippen molar-refractivity contribution in [1.82, 2.24) is 4.90 Å². The van der Waals surface area contributed by atoms with Crippen LogP contribution in [0.3, 0.4) is 0 Å². The predicted octanol–water partition coefficient (Wildman–Crippen LogP) is 4.55. The highest BCUT2D eigenvalue weighted by atomic mass is 19.4. The summed E-state index contributed by atoms with van der Waals surface area (Å²) in [7, 11) is 0. The Morgan fingerprint density at radius 1 is 1.00 bits per heavy atom. The van der Waals surface area contributed by atoms with Crippen molar-refractivity contribution in [3.8, 4) is 0 Å². The van der Waals surface area contributed by atoms with E-state index in [1.807, 2.05) is 47.1 Å². The quantitative estimate of drug-likeness (QED) is 0.782. The van der Waals surface area contributed by atoms with Crippen LogP contribution in [0.25, 0.3) is 0 Å². The van der Waals surface area contributed by atoms with Crippen molar-refractivity contribution < 1.29 is 18.0 Å². The number of carbonyl (C=O) groups excluding carboxylic acids is 1. The van der Waals surface area contributed by atoms with Crippen molar-refractivity contribution in [3.05, 3.63) is 65.7 Å². The molecule has 1 aliphatic rings. The van der Waals surface area contributed by atoms with E-state index in [-0.39, 0.29) is 11.8 Å². The van der Waals surface area contributed by atoms with E-state index in [0.717, 1.165) is 18.1 Å². The number of hydrogen-bond donors (Lipinski definition) is 0. The van der Waals surface area contributed by atoms with Crippen LogP contribution in [-0.2, 0) is 11.0 Å². The molecule has 1 heterocycles. The van der Waals surface area contributed by atoms with Crippen LogP contribution in [0.4, 0.5) is 18.9 Å². The third kappa shape index (κ3) is 4.43. The summed E-state index contributed by atoms with van der Waals surface area (Å²) >= 11 is 0. The van der Waals surface area contributed by atoms with Gasteiger partial charge in [-0.2, -0.15) is 13.2 Å². The molecular weight excluding hydrogens is 353 g/mol. The molecule has 0 spiro atoms. The van der Waals surface area contributed by atoms with Crippen molar-refractivity contribution in [2.45, 2.75) is 25.4 Å². The third-order valence-electron chi connectivity index (χ3n) is 5.04. The second-order valence-electron chi connectivity index (χ2n) is 6.73. The summed E-state index contributed by atoms with van der Waals surface area (Å²) in [6.45, 7) is 4.07. The first-order valence-electron chi connectivity index (χ1n) is 9.16. The fourth-order valence-electron chi connectivity index (χ4n) is 3.52. The van der Waals surface area contributed by atoms with Crippen LogP contribution in [0, 0.1) is 0 Å². The van der Waals surface area contributed by atoms with Gasteiger partial charge in [0.25, 0.3) is 0 Å². The standard InChI is InChI=1S/C21H23F3N2O/c1-2-19(16-7-4-3-5-8-16)20(27)26-13-11-25(12-14-26)18-10-6-9-17(15-18)21(22,23)24/h3-10,15,19H,2,11-14H2,1H3. The number of nitrogens with zero attached hydrogens (tertiary/aromatic N) is 2. The van der Waals surface area contributed by atoms with Crippen LogP contribution in [0.15, 0.2) is 54.6 Å². The minimum absolute atomic E-state index is 0.0902. The lowest BCUT2D eigenvalue weighted by Crippen LogP contribution is -2.50. The van der Waals surface area contributed by atoms with Crippen LogP contribution < -0.4 is 4.90 Å². The van der Waals surface area contributed by atoms with Gasteiger partial charge in [-0.3, -0.25) is 4.79 Å². The van der Waals surface area contributed by atoms with Gasteiger partial charge < -0.3 is 9.80 Å². The van der Waals surface area contributed by atoms with E-state index in [1.54, 1.807) is 6.07 Å². The lowest BCUT2D eigenvalue weighted by Gasteiger charge is -2.37. The molecule has 0 aromatic heterocycles. The number of piperazine rings is 1. The molecule has 6 heteroatoms. The van der Waals surface area contributed by atoms with Gasteiger partial charge in [-0.15, -0.1) is 0 Å². The van der Waals surface area contributed by atoms with Crippen LogP contribution >= 0.6 is 0 Å². The maximum atomic E-state index is 12.9. The molecule has 0 aliphatic carbocycles. The van der Waals surface area contributed by atoms with E-state index < -0.39 is 11.7 Å². The maximum Gasteiger partial charge on any atom is 0.416 e. The van der Waals surface area contributed by atoms with Crippen LogP contribution in [0.5, 0.6) is 0 Å². The smallest absolute Gasteiger partial charge is 0.368 e. The number of halogens is 3. The lowest BCUT2D eigenvalue weighted by atomic mass is 9.95. The van der Waals surface area contributed by atoms with Gasteiger partial charge in [-0.25, -0.2) is 0 Å². The Kier molecular flexibility index (Phi) is 5.73. The fourth-order valence-corrected chi connectivity index (χ4v) is 3.52. The summed E-state index contributed by atoms with van der Waals surface area (Å²) in [5.74, 6) is -0.0845. The van der Waals surface area contributed by atoms with Crippen molar-refractivity contribution in [2.75, 3.05) is 31.1 Å². The molecule has 144 valence electrons. The Labute approximate surface area is 157 Å². The number of anilines is 1. The molecule has 3 nitrogen and oxygen atoms in total. The summed E-state index contributed by atoms with van der Waals surface area (Å²) in [6, 6.07) is 15.1. The van der Waals surface area contributed by atoms with Crippen LogP contribution in [-0.4, -0.2) is 37.0 Å². The van der Waals surface area contributed by atoms with Crippen molar-refractivity contribution in [2.24, 2.45) is 0 Å².